The molecule has 1 heteroatoms. The van der Waals surface area contributed by atoms with E-state index in [2.05, 4.69) is 188 Å². The Balaban J connectivity index is 0.000000763. The third-order valence-electron chi connectivity index (χ3n) is 6.70. The zero-order valence-electron chi connectivity index (χ0n) is 24.2. The topological polar surface area (TPSA) is 3.24 Å². The van der Waals surface area contributed by atoms with E-state index in [1.807, 2.05) is 6.92 Å². The summed E-state index contributed by atoms with van der Waals surface area (Å²) < 4.78 is 0. The lowest BCUT2D eigenvalue weighted by Crippen LogP contribution is -2.09. The Morgan fingerprint density at radius 3 is 0.762 bits per heavy atom. The lowest BCUT2D eigenvalue weighted by atomic mass is 10.0. The van der Waals surface area contributed by atoms with E-state index >= 15 is 0 Å². The van der Waals surface area contributed by atoms with Gasteiger partial charge < -0.3 is 4.90 Å². The fourth-order valence-corrected chi connectivity index (χ4v) is 4.75. The SMILES string of the molecule is C=C.C=CC.c1ccc(-c2ccc(N(c3ccc(-c4ccccc4)cc3)c3ccc(-c4ccccc4)cc3)cc2)cc1. The Kier molecular flexibility index (Phi) is 10.8. The highest BCUT2D eigenvalue weighted by Crippen LogP contribution is 2.37. The normalized spacial score (nSPS) is 9.83. The number of allylic oxidation sites excluding steroid dienone is 1. The van der Waals surface area contributed by atoms with Crippen molar-refractivity contribution in [2.75, 3.05) is 4.90 Å². The van der Waals surface area contributed by atoms with Crippen molar-refractivity contribution in [2.45, 2.75) is 6.92 Å². The fourth-order valence-electron chi connectivity index (χ4n) is 4.75. The van der Waals surface area contributed by atoms with Gasteiger partial charge in [-0.05, 0) is 76.7 Å². The molecule has 0 unspecified atom stereocenters. The molecule has 1 nitrogen and oxygen atoms in total. The molecule has 0 saturated heterocycles. The smallest absolute Gasteiger partial charge is 0.0462 e. The van der Waals surface area contributed by atoms with Crippen molar-refractivity contribution in [1.82, 2.24) is 0 Å². The van der Waals surface area contributed by atoms with Crippen LogP contribution in [0.25, 0.3) is 33.4 Å². The summed E-state index contributed by atoms with van der Waals surface area (Å²) in [5, 5.41) is 0. The van der Waals surface area contributed by atoms with Gasteiger partial charge in [0, 0.05) is 17.1 Å². The molecule has 0 aliphatic carbocycles. The molecule has 0 aromatic heterocycles. The molecule has 6 aromatic carbocycles. The molecule has 0 atom stereocenters. The largest absolute Gasteiger partial charge is 0.311 e. The molecule has 0 spiro atoms. The summed E-state index contributed by atoms with van der Waals surface area (Å²) in [6.45, 7) is 11.2. The highest BCUT2D eigenvalue weighted by Gasteiger charge is 2.13. The highest BCUT2D eigenvalue weighted by molar-refractivity contribution is 5.81. The van der Waals surface area contributed by atoms with Crippen LogP contribution in [0, 0.1) is 0 Å². The van der Waals surface area contributed by atoms with Crippen molar-refractivity contribution < 1.29 is 0 Å². The molecule has 0 radical (unpaired) electrons. The van der Waals surface area contributed by atoms with Crippen LogP contribution in [0.15, 0.2) is 190 Å². The zero-order chi connectivity index (χ0) is 29.6. The van der Waals surface area contributed by atoms with Crippen molar-refractivity contribution in [1.29, 1.82) is 0 Å². The molecular weight excluding hydrogens is 506 g/mol. The van der Waals surface area contributed by atoms with Crippen LogP contribution in [-0.4, -0.2) is 0 Å². The minimum atomic E-state index is 1.12. The third kappa shape index (κ3) is 7.41. The summed E-state index contributed by atoms with van der Waals surface area (Å²) >= 11 is 0. The predicted octanol–water partition coefficient (Wildman–Crippen LogP) is 12.2. The van der Waals surface area contributed by atoms with E-state index in [0.29, 0.717) is 0 Å². The molecule has 0 N–H and O–H groups in total. The van der Waals surface area contributed by atoms with Gasteiger partial charge in [0.15, 0.2) is 0 Å². The van der Waals surface area contributed by atoms with Crippen LogP contribution in [0.1, 0.15) is 6.92 Å². The average molecular weight is 544 g/mol. The molecule has 6 rings (SSSR count). The van der Waals surface area contributed by atoms with E-state index in [-0.39, 0.29) is 0 Å². The molecule has 42 heavy (non-hydrogen) atoms. The first-order valence-electron chi connectivity index (χ1n) is 14.1. The molecule has 0 fully saturated rings. The lowest BCUT2D eigenvalue weighted by Gasteiger charge is -2.26. The minimum Gasteiger partial charge on any atom is -0.311 e. The van der Waals surface area contributed by atoms with E-state index < -0.39 is 0 Å². The summed E-state index contributed by atoms with van der Waals surface area (Å²) in [6, 6.07) is 58.0. The first-order chi connectivity index (χ1) is 20.8. The van der Waals surface area contributed by atoms with Gasteiger partial charge in [0.2, 0.25) is 0 Å². The third-order valence-corrected chi connectivity index (χ3v) is 6.70. The van der Waals surface area contributed by atoms with E-state index in [0.717, 1.165) is 17.1 Å². The molecule has 206 valence electrons. The van der Waals surface area contributed by atoms with Crippen molar-refractivity contribution >= 4 is 17.1 Å². The standard InChI is InChI=1S/C36H27N.C3H6.C2H4/c1-4-10-28(11-5-1)31-16-22-34(23-17-31)37(35-24-18-32(19-25-35)29-12-6-2-7-13-29)36-26-20-33(21-27-36)30-14-8-3-9-15-30;1-3-2;1-2/h1-27H;3H,1H2,2H3;1-2H2. The number of hydrogen-bond donors (Lipinski definition) is 0. The Hall–Kier alpha value is -5.40. The Morgan fingerprint density at radius 2 is 0.548 bits per heavy atom. The molecule has 0 aliphatic rings. The minimum absolute atomic E-state index is 1.12. The fraction of sp³-hybridized carbons (Fsp3) is 0.0244. The second kappa shape index (κ2) is 15.4. The van der Waals surface area contributed by atoms with Gasteiger partial charge in [-0.25, -0.2) is 0 Å². The van der Waals surface area contributed by atoms with Gasteiger partial charge >= 0.3 is 0 Å². The van der Waals surface area contributed by atoms with Gasteiger partial charge in [-0.1, -0.05) is 133 Å². The number of anilines is 3. The maximum absolute atomic E-state index is 3.36. The molecule has 0 aliphatic heterocycles. The number of hydrogen-bond acceptors (Lipinski definition) is 1. The number of nitrogens with zero attached hydrogens (tertiary/aromatic N) is 1. The molecule has 0 saturated carbocycles. The zero-order valence-corrected chi connectivity index (χ0v) is 24.2. The summed E-state index contributed by atoms with van der Waals surface area (Å²) in [5.74, 6) is 0. The summed E-state index contributed by atoms with van der Waals surface area (Å²) in [6.07, 6.45) is 1.75. The van der Waals surface area contributed by atoms with Crippen LogP contribution in [0.4, 0.5) is 17.1 Å². The van der Waals surface area contributed by atoms with Crippen LogP contribution in [0.2, 0.25) is 0 Å². The Labute approximate surface area is 251 Å². The maximum atomic E-state index is 3.36. The van der Waals surface area contributed by atoms with E-state index in [9.17, 15) is 0 Å². The van der Waals surface area contributed by atoms with Crippen molar-refractivity contribution in [2.24, 2.45) is 0 Å². The number of rotatable bonds is 6. The molecular formula is C41H37N. The first-order valence-corrected chi connectivity index (χ1v) is 14.1. The van der Waals surface area contributed by atoms with Gasteiger partial charge in [-0.15, -0.1) is 19.7 Å². The molecule has 0 amide bonds. The highest BCUT2D eigenvalue weighted by atomic mass is 15.1. The van der Waals surface area contributed by atoms with Gasteiger partial charge in [0.25, 0.3) is 0 Å². The van der Waals surface area contributed by atoms with Crippen LogP contribution in [-0.2, 0) is 0 Å². The summed E-state index contributed by atoms with van der Waals surface area (Å²) in [5.41, 5.74) is 10.7. The van der Waals surface area contributed by atoms with Crippen LogP contribution < -0.4 is 4.90 Å². The quantitative estimate of drug-likeness (QED) is 0.189. The molecule has 6 aromatic rings. The first kappa shape index (κ1) is 29.6. The second-order valence-electron chi connectivity index (χ2n) is 9.48. The van der Waals surface area contributed by atoms with Gasteiger partial charge in [0.1, 0.15) is 0 Å². The summed E-state index contributed by atoms with van der Waals surface area (Å²) in [4.78, 5) is 2.32. The number of benzene rings is 6. The van der Waals surface area contributed by atoms with E-state index in [1.54, 1.807) is 6.08 Å². The maximum Gasteiger partial charge on any atom is 0.0462 e. The van der Waals surface area contributed by atoms with Crippen LogP contribution in [0.3, 0.4) is 0 Å². The average Bonchev–Trinajstić information content (AvgIpc) is 3.08. The molecule has 0 bridgehead atoms. The predicted molar refractivity (Wildman–Crippen MR) is 185 cm³/mol. The van der Waals surface area contributed by atoms with Gasteiger partial charge in [0.05, 0.1) is 0 Å². The van der Waals surface area contributed by atoms with Crippen molar-refractivity contribution in [3.05, 3.63) is 190 Å². The van der Waals surface area contributed by atoms with Crippen LogP contribution >= 0.6 is 0 Å². The lowest BCUT2D eigenvalue weighted by molar-refractivity contribution is 1.28. The Bertz CT molecular complexity index is 1420. The monoisotopic (exact) mass is 543 g/mol. The van der Waals surface area contributed by atoms with Gasteiger partial charge in [-0.3, -0.25) is 0 Å². The van der Waals surface area contributed by atoms with Gasteiger partial charge in [-0.2, -0.15) is 0 Å². The summed E-state index contributed by atoms with van der Waals surface area (Å²) in [7, 11) is 0. The molecule has 0 heterocycles. The van der Waals surface area contributed by atoms with Crippen molar-refractivity contribution in [3.8, 4) is 33.4 Å². The van der Waals surface area contributed by atoms with E-state index in [1.165, 1.54) is 33.4 Å². The van der Waals surface area contributed by atoms with Crippen LogP contribution in [0.5, 0.6) is 0 Å². The Morgan fingerprint density at radius 1 is 0.357 bits per heavy atom. The van der Waals surface area contributed by atoms with E-state index in [4.69, 9.17) is 0 Å². The van der Waals surface area contributed by atoms with Crippen molar-refractivity contribution in [3.63, 3.8) is 0 Å². The second-order valence-corrected chi connectivity index (χ2v) is 9.48.